The molecule has 5 heteroatoms. The van der Waals surface area contributed by atoms with Crippen molar-refractivity contribution < 1.29 is 14.3 Å². The zero-order valence-electron chi connectivity index (χ0n) is 21.9. The Labute approximate surface area is 211 Å². The number of esters is 1. The number of carbonyl (C=O) groups is 1. The van der Waals surface area contributed by atoms with Crippen LogP contribution in [0.5, 0.6) is 0 Å². The third-order valence-corrected chi connectivity index (χ3v) is 11.8. The fourth-order valence-corrected chi connectivity index (χ4v) is 9.92. The molecule has 5 aliphatic rings. The molecule has 5 nitrogen and oxygen atoms in total. The molecule has 0 aromatic carbocycles. The predicted octanol–water partition coefficient (Wildman–Crippen LogP) is 5.53. The van der Waals surface area contributed by atoms with Gasteiger partial charge in [-0.05, 0) is 105 Å². The molecule has 0 amide bonds. The molecule has 3 unspecified atom stereocenters. The molecule has 1 aromatic heterocycles. The van der Waals surface area contributed by atoms with Crippen molar-refractivity contribution in [1.29, 1.82) is 0 Å². The zero-order valence-corrected chi connectivity index (χ0v) is 21.9. The summed E-state index contributed by atoms with van der Waals surface area (Å²) in [5, 5.41) is 3.84. The van der Waals surface area contributed by atoms with Crippen LogP contribution in [0.2, 0.25) is 0 Å². The highest BCUT2D eigenvalue weighted by Gasteiger charge is 2.67. The number of pyridine rings is 1. The number of aromatic nitrogens is 1. The van der Waals surface area contributed by atoms with Crippen molar-refractivity contribution in [3.8, 4) is 0 Å². The highest BCUT2D eigenvalue weighted by atomic mass is 16.5. The van der Waals surface area contributed by atoms with Gasteiger partial charge in [0.25, 0.3) is 0 Å². The summed E-state index contributed by atoms with van der Waals surface area (Å²) >= 11 is 0. The van der Waals surface area contributed by atoms with Crippen molar-refractivity contribution in [3.05, 3.63) is 30.1 Å². The molecule has 6 rings (SSSR count). The van der Waals surface area contributed by atoms with Gasteiger partial charge in [-0.2, -0.15) is 0 Å². The first-order chi connectivity index (χ1) is 16.9. The van der Waals surface area contributed by atoms with Crippen LogP contribution in [-0.4, -0.2) is 36.3 Å². The third-order valence-electron chi connectivity index (χ3n) is 11.8. The highest BCUT2D eigenvalue weighted by molar-refractivity contribution is 5.69. The van der Waals surface area contributed by atoms with Crippen molar-refractivity contribution in [2.24, 2.45) is 40.4 Å². The fraction of sp³-hybridized carbons (Fsp3) is 0.800. The van der Waals surface area contributed by atoms with Crippen molar-refractivity contribution in [2.45, 2.75) is 103 Å². The quantitative estimate of drug-likeness (QED) is 0.543. The second-order valence-electron chi connectivity index (χ2n) is 12.9. The molecule has 1 aliphatic heterocycles. The van der Waals surface area contributed by atoms with Crippen LogP contribution in [0.15, 0.2) is 24.4 Å². The zero-order chi connectivity index (χ0) is 24.2. The van der Waals surface area contributed by atoms with E-state index in [-0.39, 0.29) is 12.1 Å². The number of hydrogen-bond donors (Lipinski definition) is 1. The van der Waals surface area contributed by atoms with Crippen LogP contribution in [0, 0.1) is 40.4 Å². The Balaban J connectivity index is 1.15. The highest BCUT2D eigenvalue weighted by Crippen LogP contribution is 2.70. The molecule has 0 spiro atoms. The van der Waals surface area contributed by atoms with Gasteiger partial charge >= 0.3 is 5.97 Å². The van der Waals surface area contributed by atoms with Crippen molar-refractivity contribution in [1.82, 2.24) is 10.3 Å². The fourth-order valence-electron chi connectivity index (χ4n) is 9.92. The average Bonchev–Trinajstić information content (AvgIpc) is 3.37. The predicted molar refractivity (Wildman–Crippen MR) is 135 cm³/mol. The summed E-state index contributed by atoms with van der Waals surface area (Å²) in [6, 6.07) is 6.81. The smallest absolute Gasteiger partial charge is 0.305 e. The van der Waals surface area contributed by atoms with Crippen molar-refractivity contribution >= 4 is 5.97 Å². The number of fused-ring (bicyclic) bond motifs is 4. The van der Waals surface area contributed by atoms with Gasteiger partial charge in [0.15, 0.2) is 0 Å². The van der Waals surface area contributed by atoms with Crippen molar-refractivity contribution in [3.63, 3.8) is 0 Å². The molecule has 0 radical (unpaired) electrons. The molecule has 0 bridgehead atoms. The first-order valence-corrected chi connectivity index (χ1v) is 14.3. The number of nitrogens with zero attached hydrogens (tertiary/aromatic N) is 1. The van der Waals surface area contributed by atoms with Crippen LogP contribution in [0.4, 0.5) is 0 Å². The lowest BCUT2D eigenvalue weighted by molar-refractivity contribution is -0.150. The summed E-state index contributed by atoms with van der Waals surface area (Å²) in [7, 11) is 1.50. The largest absolute Gasteiger partial charge is 0.469 e. The molecule has 35 heavy (non-hydrogen) atoms. The van der Waals surface area contributed by atoms with Gasteiger partial charge in [-0.3, -0.25) is 9.78 Å². The monoisotopic (exact) mass is 480 g/mol. The molecule has 1 saturated heterocycles. The summed E-state index contributed by atoms with van der Waals surface area (Å²) in [5.74, 6) is 3.80. The van der Waals surface area contributed by atoms with Crippen molar-refractivity contribution in [2.75, 3.05) is 7.11 Å². The molecule has 4 aliphatic carbocycles. The van der Waals surface area contributed by atoms with E-state index in [0.717, 1.165) is 42.3 Å². The number of rotatable bonds is 6. The van der Waals surface area contributed by atoms with Gasteiger partial charge in [-0.15, -0.1) is 0 Å². The lowest BCUT2D eigenvalue weighted by Crippen LogP contribution is -2.57. The van der Waals surface area contributed by atoms with Crippen LogP contribution in [-0.2, 0) is 20.8 Å². The van der Waals surface area contributed by atoms with Crippen LogP contribution >= 0.6 is 0 Å². The van der Waals surface area contributed by atoms with E-state index in [9.17, 15) is 4.79 Å². The summed E-state index contributed by atoms with van der Waals surface area (Å²) in [4.78, 5) is 16.3. The first kappa shape index (κ1) is 23.9. The van der Waals surface area contributed by atoms with E-state index in [1.165, 1.54) is 58.5 Å². The molecule has 4 saturated carbocycles. The number of hydrogen-bond acceptors (Lipinski definition) is 5. The van der Waals surface area contributed by atoms with Gasteiger partial charge in [0.2, 0.25) is 0 Å². The maximum atomic E-state index is 11.8. The van der Waals surface area contributed by atoms with E-state index < -0.39 is 0 Å². The second-order valence-corrected chi connectivity index (χ2v) is 12.9. The van der Waals surface area contributed by atoms with E-state index in [1.807, 2.05) is 12.3 Å². The van der Waals surface area contributed by atoms with E-state index in [1.54, 1.807) is 0 Å². The van der Waals surface area contributed by atoms with Crippen LogP contribution in [0.1, 0.15) is 83.7 Å². The third kappa shape index (κ3) is 3.87. The average molecular weight is 481 g/mol. The first-order valence-electron chi connectivity index (χ1n) is 14.3. The standard InChI is InChI=1S/C30H44N2O3/c1-29-14-13-20(32-18-21-6-4-5-15-31-21)16-19(29)7-8-22-23-9-10-24-26(11-12-28(33)34-3)35-27(17-25(22)29)30(23,24)2/h4-6,15,19-20,22-27,32H,7-14,16-18H2,1-3H3/t19-,20-,22?,23?,24-,25?,26-,27+,29+,30+/m1/s1. The Hall–Kier alpha value is -1.46. The summed E-state index contributed by atoms with van der Waals surface area (Å²) in [5.41, 5.74) is 1.90. The van der Waals surface area contributed by atoms with Gasteiger partial charge in [-0.25, -0.2) is 0 Å². The molecule has 2 heterocycles. The topological polar surface area (TPSA) is 60.5 Å². The molecular formula is C30H44N2O3. The Morgan fingerprint density at radius 1 is 1.11 bits per heavy atom. The van der Waals surface area contributed by atoms with Gasteiger partial charge in [0.1, 0.15) is 0 Å². The van der Waals surface area contributed by atoms with Gasteiger partial charge in [0, 0.05) is 30.6 Å². The molecule has 5 fully saturated rings. The minimum absolute atomic E-state index is 0.0967. The van der Waals surface area contributed by atoms with E-state index >= 15 is 0 Å². The Bertz CT molecular complexity index is 923. The van der Waals surface area contributed by atoms with E-state index in [2.05, 4.69) is 36.3 Å². The number of nitrogens with one attached hydrogen (secondary N) is 1. The Kier molecular flexibility index (Phi) is 6.24. The number of ether oxygens (including phenoxy) is 2. The van der Waals surface area contributed by atoms with Crippen LogP contribution in [0.3, 0.4) is 0 Å². The maximum absolute atomic E-state index is 11.8. The normalized spacial score (nSPS) is 45.9. The summed E-state index contributed by atoms with van der Waals surface area (Å²) < 4.78 is 11.8. The minimum atomic E-state index is -0.0967. The lowest BCUT2D eigenvalue weighted by Gasteiger charge is -2.61. The summed E-state index contributed by atoms with van der Waals surface area (Å²) in [6.45, 7) is 6.08. The maximum Gasteiger partial charge on any atom is 0.305 e. The van der Waals surface area contributed by atoms with Crippen LogP contribution < -0.4 is 5.32 Å². The van der Waals surface area contributed by atoms with Crippen LogP contribution in [0.25, 0.3) is 0 Å². The SMILES string of the molecule is COC(=O)CC[C@H]1O[C@H]2CC3C(CC[C@@H]4C[C@H](NCc5ccccn5)CC[C@]34C)C3CC[C@H]1[C@]32C. The molecular weight excluding hydrogens is 436 g/mol. The molecule has 1 N–H and O–H groups in total. The molecule has 1 aromatic rings. The Morgan fingerprint density at radius 2 is 1.97 bits per heavy atom. The van der Waals surface area contributed by atoms with Gasteiger partial charge < -0.3 is 14.8 Å². The van der Waals surface area contributed by atoms with Gasteiger partial charge in [-0.1, -0.05) is 19.9 Å². The second kappa shape index (κ2) is 9.13. The number of methoxy groups -OCH3 is 1. The molecule has 10 atom stereocenters. The minimum Gasteiger partial charge on any atom is -0.469 e. The summed E-state index contributed by atoms with van der Waals surface area (Å²) in [6.07, 6.45) is 14.4. The van der Waals surface area contributed by atoms with Gasteiger partial charge in [0.05, 0.1) is 25.0 Å². The lowest BCUT2D eigenvalue weighted by atomic mass is 9.44. The van der Waals surface area contributed by atoms with E-state index in [0.29, 0.717) is 35.3 Å². The Morgan fingerprint density at radius 3 is 2.77 bits per heavy atom. The van der Waals surface area contributed by atoms with E-state index in [4.69, 9.17) is 9.47 Å². The number of carbonyl (C=O) groups excluding carboxylic acids is 1. The molecule has 192 valence electrons.